The van der Waals surface area contributed by atoms with Crippen LogP contribution in [0.25, 0.3) is 11.1 Å². The van der Waals surface area contributed by atoms with Crippen LogP contribution in [0.3, 0.4) is 0 Å². The molecule has 3 rings (SSSR count). The summed E-state index contributed by atoms with van der Waals surface area (Å²) in [7, 11) is 0. The van der Waals surface area contributed by atoms with Crippen molar-refractivity contribution in [3.63, 3.8) is 0 Å². The number of rotatable bonds is 2. The van der Waals surface area contributed by atoms with Crippen LogP contribution in [-0.4, -0.2) is 22.9 Å². The Morgan fingerprint density at radius 3 is 2.50 bits per heavy atom. The summed E-state index contributed by atoms with van der Waals surface area (Å²) in [6.45, 7) is 8.72. The highest BCUT2D eigenvalue weighted by Crippen LogP contribution is 2.32. The Morgan fingerprint density at radius 1 is 1.10 bits per heavy atom. The monoisotopic (exact) mass is 269 g/mol. The van der Waals surface area contributed by atoms with Gasteiger partial charge in [0.1, 0.15) is 0 Å². The van der Waals surface area contributed by atoms with E-state index in [1.54, 1.807) is 0 Å². The van der Waals surface area contributed by atoms with Gasteiger partial charge in [-0.1, -0.05) is 24.3 Å². The SMILES string of the molecule is Cc1ccccc1-c1c(C)nn(C2CCNCC2)c1C. The fourth-order valence-electron chi connectivity index (χ4n) is 3.31. The highest BCUT2D eigenvalue weighted by Gasteiger charge is 2.21. The predicted molar refractivity (Wildman–Crippen MR) is 83.0 cm³/mol. The molecule has 0 radical (unpaired) electrons. The molecule has 0 bridgehead atoms. The zero-order valence-electron chi connectivity index (χ0n) is 12.6. The molecule has 3 nitrogen and oxygen atoms in total. The van der Waals surface area contributed by atoms with Gasteiger partial charge in [-0.05, 0) is 57.8 Å². The molecule has 1 fully saturated rings. The Labute approximate surface area is 121 Å². The first kappa shape index (κ1) is 13.4. The van der Waals surface area contributed by atoms with Crippen LogP contribution in [-0.2, 0) is 0 Å². The van der Waals surface area contributed by atoms with Gasteiger partial charge in [0.25, 0.3) is 0 Å². The fraction of sp³-hybridized carbons (Fsp3) is 0.471. The van der Waals surface area contributed by atoms with Gasteiger partial charge < -0.3 is 5.32 Å². The molecule has 20 heavy (non-hydrogen) atoms. The lowest BCUT2D eigenvalue weighted by atomic mass is 9.98. The molecule has 1 aliphatic heterocycles. The lowest BCUT2D eigenvalue weighted by Crippen LogP contribution is -2.30. The Balaban J connectivity index is 2.05. The van der Waals surface area contributed by atoms with Crippen LogP contribution in [0.15, 0.2) is 24.3 Å². The highest BCUT2D eigenvalue weighted by molar-refractivity contribution is 5.71. The van der Waals surface area contributed by atoms with Crippen molar-refractivity contribution in [1.29, 1.82) is 0 Å². The van der Waals surface area contributed by atoms with Crippen LogP contribution < -0.4 is 5.32 Å². The van der Waals surface area contributed by atoms with E-state index in [2.05, 4.69) is 55.0 Å². The number of piperidine rings is 1. The zero-order chi connectivity index (χ0) is 14.1. The van der Waals surface area contributed by atoms with E-state index >= 15 is 0 Å². The molecule has 106 valence electrons. The summed E-state index contributed by atoms with van der Waals surface area (Å²) in [6.07, 6.45) is 2.35. The van der Waals surface area contributed by atoms with Crippen molar-refractivity contribution in [3.8, 4) is 11.1 Å². The van der Waals surface area contributed by atoms with Gasteiger partial charge in [0.15, 0.2) is 0 Å². The molecule has 0 aliphatic carbocycles. The summed E-state index contributed by atoms with van der Waals surface area (Å²) in [6, 6.07) is 9.15. The third-order valence-electron chi connectivity index (χ3n) is 4.39. The Hall–Kier alpha value is -1.61. The third kappa shape index (κ3) is 2.27. The lowest BCUT2D eigenvalue weighted by Gasteiger charge is -2.24. The third-order valence-corrected chi connectivity index (χ3v) is 4.39. The second-order valence-electron chi connectivity index (χ2n) is 5.79. The van der Waals surface area contributed by atoms with Crippen molar-refractivity contribution in [2.24, 2.45) is 0 Å². The maximum absolute atomic E-state index is 4.84. The van der Waals surface area contributed by atoms with Crippen LogP contribution in [0.5, 0.6) is 0 Å². The summed E-state index contributed by atoms with van der Waals surface area (Å²) in [5.74, 6) is 0. The van der Waals surface area contributed by atoms with E-state index in [0.717, 1.165) is 18.8 Å². The van der Waals surface area contributed by atoms with Gasteiger partial charge in [-0.2, -0.15) is 5.10 Å². The molecule has 3 heteroatoms. The number of benzene rings is 1. The van der Waals surface area contributed by atoms with Gasteiger partial charge in [0, 0.05) is 11.3 Å². The van der Waals surface area contributed by atoms with Gasteiger partial charge in [-0.25, -0.2) is 0 Å². The van der Waals surface area contributed by atoms with E-state index < -0.39 is 0 Å². The quantitative estimate of drug-likeness (QED) is 0.905. The molecule has 1 aliphatic rings. The normalized spacial score (nSPS) is 16.6. The molecule has 0 amide bonds. The van der Waals surface area contributed by atoms with Crippen molar-refractivity contribution in [2.45, 2.75) is 39.7 Å². The highest BCUT2D eigenvalue weighted by atomic mass is 15.3. The Kier molecular flexibility index (Phi) is 3.62. The van der Waals surface area contributed by atoms with Gasteiger partial charge in [-0.15, -0.1) is 0 Å². The molecule has 1 N–H and O–H groups in total. The topological polar surface area (TPSA) is 29.9 Å². The van der Waals surface area contributed by atoms with Crippen molar-refractivity contribution in [2.75, 3.05) is 13.1 Å². The largest absolute Gasteiger partial charge is 0.317 e. The molecule has 0 unspecified atom stereocenters. The second-order valence-corrected chi connectivity index (χ2v) is 5.79. The van der Waals surface area contributed by atoms with Crippen LogP contribution in [0, 0.1) is 20.8 Å². The van der Waals surface area contributed by atoms with Crippen LogP contribution >= 0.6 is 0 Å². The molecule has 0 saturated carbocycles. The van der Waals surface area contributed by atoms with E-state index in [1.165, 1.54) is 35.2 Å². The van der Waals surface area contributed by atoms with E-state index in [4.69, 9.17) is 5.10 Å². The fourth-order valence-corrected chi connectivity index (χ4v) is 3.31. The molecule has 2 heterocycles. The molecule has 1 aromatic carbocycles. The molecule has 2 aromatic rings. The maximum Gasteiger partial charge on any atom is 0.0675 e. The standard InChI is InChI=1S/C17H23N3/c1-12-6-4-5-7-16(12)17-13(2)19-20(14(17)3)15-8-10-18-11-9-15/h4-7,15,18H,8-11H2,1-3H3. The number of nitrogens with zero attached hydrogens (tertiary/aromatic N) is 2. The minimum Gasteiger partial charge on any atom is -0.317 e. The summed E-state index contributed by atoms with van der Waals surface area (Å²) in [4.78, 5) is 0. The van der Waals surface area contributed by atoms with Crippen LogP contribution in [0.1, 0.15) is 35.8 Å². The Morgan fingerprint density at radius 2 is 1.80 bits per heavy atom. The summed E-state index contributed by atoms with van der Waals surface area (Å²) in [5.41, 5.74) is 6.42. The van der Waals surface area contributed by atoms with Crippen molar-refractivity contribution >= 4 is 0 Å². The minimum absolute atomic E-state index is 0.549. The van der Waals surface area contributed by atoms with E-state index in [0.29, 0.717) is 6.04 Å². The van der Waals surface area contributed by atoms with Crippen LogP contribution in [0.2, 0.25) is 0 Å². The van der Waals surface area contributed by atoms with Gasteiger partial charge in [0.2, 0.25) is 0 Å². The van der Waals surface area contributed by atoms with Crippen molar-refractivity contribution in [3.05, 3.63) is 41.2 Å². The summed E-state index contributed by atoms with van der Waals surface area (Å²) < 4.78 is 2.26. The van der Waals surface area contributed by atoms with E-state index in [9.17, 15) is 0 Å². The molecular formula is C17H23N3. The molecular weight excluding hydrogens is 246 g/mol. The first-order valence-electron chi connectivity index (χ1n) is 7.51. The van der Waals surface area contributed by atoms with Crippen molar-refractivity contribution in [1.82, 2.24) is 15.1 Å². The summed E-state index contributed by atoms with van der Waals surface area (Å²) in [5, 5.41) is 8.27. The molecule has 0 atom stereocenters. The number of nitrogens with one attached hydrogen (secondary N) is 1. The minimum atomic E-state index is 0.549. The smallest absolute Gasteiger partial charge is 0.0675 e. The first-order valence-corrected chi connectivity index (χ1v) is 7.51. The molecule has 1 saturated heterocycles. The zero-order valence-corrected chi connectivity index (χ0v) is 12.6. The Bertz CT molecular complexity index is 607. The van der Waals surface area contributed by atoms with Crippen molar-refractivity contribution < 1.29 is 0 Å². The maximum atomic E-state index is 4.84. The summed E-state index contributed by atoms with van der Waals surface area (Å²) >= 11 is 0. The predicted octanol–water partition coefficient (Wildman–Crippen LogP) is 3.40. The number of aryl methyl sites for hydroxylation is 2. The first-order chi connectivity index (χ1) is 9.68. The molecule has 0 spiro atoms. The van der Waals surface area contributed by atoms with Gasteiger partial charge in [0.05, 0.1) is 11.7 Å². The lowest BCUT2D eigenvalue weighted by molar-refractivity contribution is 0.337. The number of hydrogen-bond acceptors (Lipinski definition) is 2. The number of hydrogen-bond donors (Lipinski definition) is 1. The number of aromatic nitrogens is 2. The average Bonchev–Trinajstić information content (AvgIpc) is 2.76. The van der Waals surface area contributed by atoms with Crippen LogP contribution in [0.4, 0.5) is 0 Å². The van der Waals surface area contributed by atoms with Gasteiger partial charge in [-0.3, -0.25) is 4.68 Å². The second kappa shape index (κ2) is 5.41. The molecule has 1 aromatic heterocycles. The van der Waals surface area contributed by atoms with E-state index in [1.807, 2.05) is 0 Å². The van der Waals surface area contributed by atoms with E-state index in [-0.39, 0.29) is 0 Å². The average molecular weight is 269 g/mol. The van der Waals surface area contributed by atoms with Gasteiger partial charge >= 0.3 is 0 Å².